The molecule has 2 aromatic rings. The fourth-order valence-electron chi connectivity index (χ4n) is 4.48. The van der Waals surface area contributed by atoms with Crippen LogP contribution in [0.4, 0.5) is 5.69 Å². The summed E-state index contributed by atoms with van der Waals surface area (Å²) in [5, 5.41) is 13.1. The summed E-state index contributed by atoms with van der Waals surface area (Å²) in [6.45, 7) is 7.15. The first kappa shape index (κ1) is 22.0. The Morgan fingerprint density at radius 2 is 1.97 bits per heavy atom. The maximum absolute atomic E-state index is 12.6. The van der Waals surface area contributed by atoms with Crippen molar-refractivity contribution < 1.29 is 14.3 Å². The van der Waals surface area contributed by atoms with Crippen molar-refractivity contribution in [3.05, 3.63) is 47.2 Å². The molecule has 0 spiro atoms. The molecule has 4 rings (SSSR count). The van der Waals surface area contributed by atoms with Gasteiger partial charge in [-0.15, -0.1) is 0 Å². The van der Waals surface area contributed by atoms with Gasteiger partial charge in [0.2, 0.25) is 5.89 Å². The Labute approximate surface area is 184 Å². The maximum Gasteiger partial charge on any atom is 0.277 e. The summed E-state index contributed by atoms with van der Waals surface area (Å²) in [7, 11) is 0. The molecule has 0 saturated carbocycles. The summed E-state index contributed by atoms with van der Waals surface area (Å²) in [4.78, 5) is 21.6. The monoisotopic (exact) mass is 426 g/mol. The van der Waals surface area contributed by atoms with Gasteiger partial charge in [0.15, 0.2) is 5.69 Å². The Kier molecular flexibility index (Phi) is 7.37. The number of fused-ring (bicyclic) bond motifs is 1. The number of nitrogens with one attached hydrogen (secondary N) is 1. The number of hydrogen-bond donors (Lipinski definition) is 2. The van der Waals surface area contributed by atoms with Crippen molar-refractivity contribution in [2.24, 2.45) is 0 Å². The lowest BCUT2D eigenvalue weighted by molar-refractivity contribution is 0.0627. The first-order chi connectivity index (χ1) is 15.1. The smallest absolute Gasteiger partial charge is 0.277 e. The second kappa shape index (κ2) is 10.4. The number of hydrogen-bond acceptors (Lipinski definition) is 6. The Bertz CT molecular complexity index is 873. The Balaban J connectivity index is 1.23. The first-order valence-electron chi connectivity index (χ1n) is 11.6. The number of β-amino-alcohol motifs (C(OH)–C–C–N with tert-alkyl or cyclic N) is 1. The Morgan fingerprint density at radius 3 is 2.77 bits per heavy atom. The van der Waals surface area contributed by atoms with E-state index in [4.69, 9.17) is 4.42 Å². The molecule has 1 aliphatic carbocycles. The van der Waals surface area contributed by atoms with Gasteiger partial charge in [0, 0.05) is 38.4 Å². The van der Waals surface area contributed by atoms with Crippen molar-refractivity contribution in [2.45, 2.75) is 58.1 Å². The number of oxazole rings is 1. The van der Waals surface area contributed by atoms with E-state index in [9.17, 15) is 9.90 Å². The number of nitrogens with zero attached hydrogens (tertiary/aromatic N) is 3. The highest BCUT2D eigenvalue weighted by molar-refractivity contribution is 6.02. The summed E-state index contributed by atoms with van der Waals surface area (Å²) in [5.74, 6) is 0.328. The molecule has 7 nitrogen and oxygen atoms in total. The van der Waals surface area contributed by atoms with Gasteiger partial charge in [0.05, 0.1) is 12.6 Å². The molecule has 1 aliphatic heterocycles. The summed E-state index contributed by atoms with van der Waals surface area (Å²) >= 11 is 0. The van der Waals surface area contributed by atoms with E-state index in [1.807, 2.05) is 6.07 Å². The van der Waals surface area contributed by atoms with E-state index in [0.29, 0.717) is 18.1 Å². The third-order valence-electron chi connectivity index (χ3n) is 6.32. The average Bonchev–Trinajstić information content (AvgIpc) is 3.43. The topological polar surface area (TPSA) is 81.8 Å². The van der Waals surface area contributed by atoms with E-state index in [1.165, 1.54) is 23.8 Å². The van der Waals surface area contributed by atoms with Gasteiger partial charge in [-0.2, -0.15) is 0 Å². The van der Waals surface area contributed by atoms with E-state index in [1.54, 1.807) is 0 Å². The molecule has 1 aromatic heterocycles. The molecule has 1 atom stereocenters. The zero-order chi connectivity index (χ0) is 21.6. The number of benzene rings is 1. The van der Waals surface area contributed by atoms with Crippen molar-refractivity contribution in [1.29, 1.82) is 0 Å². The molecule has 0 unspecified atom stereocenters. The van der Waals surface area contributed by atoms with Crippen LogP contribution in [0.3, 0.4) is 0 Å². The molecule has 2 heterocycles. The van der Waals surface area contributed by atoms with Crippen molar-refractivity contribution in [1.82, 2.24) is 14.8 Å². The summed E-state index contributed by atoms with van der Waals surface area (Å²) < 4.78 is 5.57. The van der Waals surface area contributed by atoms with Gasteiger partial charge in [0.25, 0.3) is 5.91 Å². The molecule has 2 N–H and O–H groups in total. The molecule has 0 radical (unpaired) electrons. The Morgan fingerprint density at radius 1 is 1.19 bits per heavy atom. The van der Waals surface area contributed by atoms with Crippen molar-refractivity contribution in [3.63, 3.8) is 0 Å². The third kappa shape index (κ3) is 5.93. The Hall–Kier alpha value is -2.22. The highest BCUT2D eigenvalue weighted by Crippen LogP contribution is 2.25. The summed E-state index contributed by atoms with van der Waals surface area (Å²) in [5.41, 5.74) is 3.84. The van der Waals surface area contributed by atoms with Crippen LogP contribution in [-0.2, 0) is 19.4 Å². The van der Waals surface area contributed by atoms with Crippen LogP contribution >= 0.6 is 0 Å². The third-order valence-corrected chi connectivity index (χ3v) is 6.32. The van der Waals surface area contributed by atoms with Gasteiger partial charge in [-0.3, -0.25) is 14.6 Å². The van der Waals surface area contributed by atoms with Crippen LogP contribution in [0.1, 0.15) is 60.1 Å². The molecule has 1 fully saturated rings. The van der Waals surface area contributed by atoms with Crippen molar-refractivity contribution >= 4 is 11.6 Å². The summed E-state index contributed by atoms with van der Waals surface area (Å²) in [6, 6.07) is 6.14. The zero-order valence-corrected chi connectivity index (χ0v) is 18.5. The number of piperazine rings is 1. The molecule has 31 heavy (non-hydrogen) atoms. The van der Waals surface area contributed by atoms with Gasteiger partial charge in [-0.05, 0) is 48.9 Å². The quantitative estimate of drug-likeness (QED) is 0.641. The molecule has 0 bridgehead atoms. The number of anilines is 1. The van der Waals surface area contributed by atoms with Crippen LogP contribution < -0.4 is 5.32 Å². The predicted molar refractivity (Wildman–Crippen MR) is 120 cm³/mol. The fraction of sp³-hybridized carbons (Fsp3) is 0.583. The van der Waals surface area contributed by atoms with Crippen molar-refractivity contribution in [2.75, 3.05) is 38.0 Å². The van der Waals surface area contributed by atoms with E-state index in [2.05, 4.69) is 39.2 Å². The SMILES string of the molecule is CCCC[C@H](O)CN1CCN(Cc2nc(C(=O)Nc3ccc4c(c3)CCC4)co2)CC1. The molecule has 7 heteroatoms. The lowest BCUT2D eigenvalue weighted by Gasteiger charge is -2.35. The summed E-state index contributed by atoms with van der Waals surface area (Å²) in [6.07, 6.45) is 7.68. The number of carbonyl (C=O) groups excluding carboxylic acids is 1. The number of aliphatic hydroxyl groups excluding tert-OH is 1. The maximum atomic E-state index is 12.6. The van der Waals surface area contributed by atoms with Gasteiger partial charge in [0.1, 0.15) is 6.26 Å². The van der Waals surface area contributed by atoms with Crippen LogP contribution in [-0.4, -0.2) is 64.6 Å². The standard InChI is InChI=1S/C24H34N4O3/c1-2-3-7-21(29)15-27-10-12-28(13-11-27)16-23-26-22(17-31-23)24(30)25-20-9-8-18-5-4-6-19(18)14-20/h8-9,14,17,21,29H,2-7,10-13,15-16H2,1H3,(H,25,30)/t21-/m0/s1. The van der Waals surface area contributed by atoms with Crippen LogP contribution in [0.25, 0.3) is 0 Å². The second-order valence-corrected chi connectivity index (χ2v) is 8.79. The number of carbonyl (C=O) groups is 1. The highest BCUT2D eigenvalue weighted by atomic mass is 16.3. The van der Waals surface area contributed by atoms with E-state index < -0.39 is 0 Å². The normalized spacial score (nSPS) is 18.1. The lowest BCUT2D eigenvalue weighted by Crippen LogP contribution is -2.48. The zero-order valence-electron chi connectivity index (χ0n) is 18.5. The molecular weight excluding hydrogens is 392 g/mol. The predicted octanol–water partition coefficient (Wildman–Crippen LogP) is 3.08. The number of rotatable bonds is 9. The van der Waals surface area contributed by atoms with Crippen molar-refractivity contribution in [3.8, 4) is 0 Å². The number of aromatic nitrogens is 1. The minimum absolute atomic E-state index is 0.231. The molecule has 1 amide bonds. The lowest BCUT2D eigenvalue weighted by atomic mass is 10.1. The minimum atomic E-state index is -0.237. The number of unbranched alkanes of at least 4 members (excludes halogenated alkanes) is 1. The van der Waals surface area contributed by atoms with Gasteiger partial charge in [-0.1, -0.05) is 25.8 Å². The number of amides is 1. The van der Waals surface area contributed by atoms with Crippen LogP contribution in [0.2, 0.25) is 0 Å². The number of aliphatic hydroxyl groups is 1. The van der Waals surface area contributed by atoms with E-state index in [-0.39, 0.29) is 12.0 Å². The fourth-order valence-corrected chi connectivity index (χ4v) is 4.48. The molecule has 168 valence electrons. The van der Waals surface area contributed by atoms with Crippen LogP contribution in [0.15, 0.2) is 28.9 Å². The van der Waals surface area contributed by atoms with Gasteiger partial charge >= 0.3 is 0 Å². The second-order valence-electron chi connectivity index (χ2n) is 8.79. The minimum Gasteiger partial charge on any atom is -0.447 e. The van der Waals surface area contributed by atoms with Gasteiger partial charge in [-0.25, -0.2) is 4.98 Å². The largest absolute Gasteiger partial charge is 0.447 e. The molecule has 1 saturated heterocycles. The van der Waals surface area contributed by atoms with E-state index in [0.717, 1.165) is 70.5 Å². The molecule has 1 aromatic carbocycles. The number of aryl methyl sites for hydroxylation is 2. The highest BCUT2D eigenvalue weighted by Gasteiger charge is 2.21. The van der Waals surface area contributed by atoms with Gasteiger partial charge < -0.3 is 14.8 Å². The van der Waals surface area contributed by atoms with Crippen LogP contribution in [0, 0.1) is 0 Å². The first-order valence-corrected chi connectivity index (χ1v) is 11.6. The molecule has 2 aliphatic rings. The average molecular weight is 427 g/mol. The molecular formula is C24H34N4O3. The van der Waals surface area contributed by atoms with Crippen LogP contribution in [0.5, 0.6) is 0 Å². The van der Waals surface area contributed by atoms with E-state index >= 15 is 0 Å².